The number of carbonyl (C=O) groups excluding carboxylic acids is 1. The van der Waals surface area contributed by atoms with Crippen LogP contribution < -0.4 is 11.1 Å². The van der Waals surface area contributed by atoms with Gasteiger partial charge in [-0.15, -0.1) is 10.2 Å². The van der Waals surface area contributed by atoms with E-state index in [4.69, 9.17) is 5.73 Å². The van der Waals surface area contributed by atoms with Crippen molar-refractivity contribution < 1.29 is 4.79 Å². The highest BCUT2D eigenvalue weighted by Crippen LogP contribution is 2.34. The average molecular weight is 365 g/mol. The molecule has 140 valence electrons. The van der Waals surface area contributed by atoms with Crippen molar-refractivity contribution in [2.24, 2.45) is 5.73 Å². The van der Waals surface area contributed by atoms with Gasteiger partial charge in [0.25, 0.3) is 5.78 Å². The second-order valence-corrected chi connectivity index (χ2v) is 6.90. The molecule has 0 unspecified atom stereocenters. The van der Waals surface area contributed by atoms with E-state index < -0.39 is 0 Å². The first kappa shape index (κ1) is 17.4. The summed E-state index contributed by atoms with van der Waals surface area (Å²) < 4.78 is 1.77. The number of piperidine rings is 1. The van der Waals surface area contributed by atoms with Crippen LogP contribution in [0.1, 0.15) is 24.2 Å². The van der Waals surface area contributed by atoms with Gasteiger partial charge in [-0.1, -0.05) is 30.3 Å². The Balaban J connectivity index is 1.37. The van der Waals surface area contributed by atoms with Crippen LogP contribution >= 0.6 is 0 Å². The van der Waals surface area contributed by atoms with Crippen LogP contribution in [0.5, 0.6) is 0 Å². The third kappa shape index (κ3) is 3.35. The molecular formula is C19H23N7O. The number of nitrogens with zero attached hydrogens (tertiary/aromatic N) is 5. The van der Waals surface area contributed by atoms with Gasteiger partial charge in [0, 0.05) is 37.4 Å². The lowest BCUT2D eigenvalue weighted by atomic mass is 9.73. The van der Waals surface area contributed by atoms with Crippen LogP contribution in [-0.4, -0.2) is 50.1 Å². The number of hydrogen-bond acceptors (Lipinski definition) is 5. The van der Waals surface area contributed by atoms with Crippen LogP contribution in [-0.2, 0) is 12.0 Å². The number of amides is 2. The molecule has 0 radical (unpaired) electrons. The summed E-state index contributed by atoms with van der Waals surface area (Å²) in [4.78, 5) is 18.5. The number of nitrogens with one attached hydrogen (secondary N) is 1. The van der Waals surface area contributed by atoms with Crippen LogP contribution in [0.15, 0.2) is 48.8 Å². The Morgan fingerprint density at radius 3 is 2.67 bits per heavy atom. The Bertz CT molecular complexity index is 916. The van der Waals surface area contributed by atoms with Crippen molar-refractivity contribution in [2.75, 3.05) is 19.6 Å². The molecule has 0 spiro atoms. The minimum absolute atomic E-state index is 0.0487. The molecule has 1 fully saturated rings. The van der Waals surface area contributed by atoms with E-state index in [0.29, 0.717) is 37.8 Å². The third-order valence-corrected chi connectivity index (χ3v) is 5.44. The quantitative estimate of drug-likeness (QED) is 0.726. The molecule has 0 saturated carbocycles. The van der Waals surface area contributed by atoms with E-state index in [-0.39, 0.29) is 11.4 Å². The van der Waals surface area contributed by atoms with Gasteiger partial charge in [-0.2, -0.15) is 0 Å². The van der Waals surface area contributed by atoms with E-state index in [2.05, 4.69) is 32.6 Å². The number of benzene rings is 1. The summed E-state index contributed by atoms with van der Waals surface area (Å²) in [5, 5.41) is 11.0. The monoisotopic (exact) mass is 365 g/mol. The summed E-state index contributed by atoms with van der Waals surface area (Å²) in [6.45, 7) is 2.26. The van der Waals surface area contributed by atoms with Gasteiger partial charge in [-0.3, -0.25) is 4.40 Å². The maximum atomic E-state index is 12.6. The molecule has 8 heteroatoms. The third-order valence-electron chi connectivity index (χ3n) is 5.44. The van der Waals surface area contributed by atoms with Crippen LogP contribution in [0.25, 0.3) is 5.78 Å². The lowest BCUT2D eigenvalue weighted by Crippen LogP contribution is -2.51. The fourth-order valence-electron chi connectivity index (χ4n) is 3.72. The lowest BCUT2D eigenvalue weighted by Gasteiger charge is -2.41. The number of aromatic nitrogens is 4. The van der Waals surface area contributed by atoms with E-state index in [1.165, 1.54) is 5.56 Å². The molecule has 2 aromatic heterocycles. The Kier molecular flexibility index (Phi) is 4.72. The highest BCUT2D eigenvalue weighted by Gasteiger charge is 2.36. The first-order chi connectivity index (χ1) is 13.2. The predicted molar refractivity (Wildman–Crippen MR) is 101 cm³/mol. The highest BCUT2D eigenvalue weighted by molar-refractivity contribution is 5.74. The van der Waals surface area contributed by atoms with Crippen molar-refractivity contribution >= 4 is 11.8 Å². The van der Waals surface area contributed by atoms with Crippen molar-refractivity contribution in [1.82, 2.24) is 29.8 Å². The summed E-state index contributed by atoms with van der Waals surface area (Å²) in [6, 6.07) is 12.1. The summed E-state index contributed by atoms with van der Waals surface area (Å²) in [5.41, 5.74) is 7.34. The number of carbonyl (C=O) groups is 1. The average Bonchev–Trinajstić information content (AvgIpc) is 3.16. The zero-order chi connectivity index (χ0) is 18.7. The lowest BCUT2D eigenvalue weighted by molar-refractivity contribution is 0.159. The van der Waals surface area contributed by atoms with E-state index in [0.717, 1.165) is 12.8 Å². The smallest absolute Gasteiger partial charge is 0.317 e. The van der Waals surface area contributed by atoms with Gasteiger partial charge in [0.1, 0.15) is 0 Å². The maximum absolute atomic E-state index is 12.6. The largest absolute Gasteiger partial charge is 0.331 e. The summed E-state index contributed by atoms with van der Waals surface area (Å²) in [7, 11) is 0. The van der Waals surface area contributed by atoms with Gasteiger partial charge in [-0.25, -0.2) is 9.78 Å². The van der Waals surface area contributed by atoms with E-state index in [1.807, 2.05) is 35.4 Å². The fourth-order valence-corrected chi connectivity index (χ4v) is 3.72. The van der Waals surface area contributed by atoms with Crippen LogP contribution in [0.3, 0.4) is 0 Å². The summed E-state index contributed by atoms with van der Waals surface area (Å²) in [6.07, 6.45) is 5.22. The van der Waals surface area contributed by atoms with E-state index >= 15 is 0 Å². The first-order valence-electron chi connectivity index (χ1n) is 9.15. The Morgan fingerprint density at radius 1 is 1.15 bits per heavy atom. The zero-order valence-electron chi connectivity index (χ0n) is 15.1. The summed E-state index contributed by atoms with van der Waals surface area (Å²) >= 11 is 0. The number of nitrogens with two attached hydrogens (primary N) is 1. The second kappa shape index (κ2) is 7.32. The molecule has 2 amide bonds. The molecule has 0 bridgehead atoms. The number of rotatable bonds is 4. The zero-order valence-corrected chi connectivity index (χ0v) is 15.1. The number of fused-ring (bicyclic) bond motifs is 1. The van der Waals surface area contributed by atoms with Crippen molar-refractivity contribution in [1.29, 1.82) is 0 Å². The molecule has 27 heavy (non-hydrogen) atoms. The molecule has 1 aliphatic rings. The molecular weight excluding hydrogens is 342 g/mol. The number of likely N-dealkylation sites (tertiary alicyclic amines) is 1. The van der Waals surface area contributed by atoms with Gasteiger partial charge in [0.15, 0.2) is 5.82 Å². The van der Waals surface area contributed by atoms with Crippen molar-refractivity contribution in [3.8, 4) is 0 Å². The van der Waals surface area contributed by atoms with Gasteiger partial charge >= 0.3 is 6.03 Å². The molecule has 3 heterocycles. The van der Waals surface area contributed by atoms with Gasteiger partial charge < -0.3 is 16.0 Å². The highest BCUT2D eigenvalue weighted by atomic mass is 16.2. The maximum Gasteiger partial charge on any atom is 0.317 e. The van der Waals surface area contributed by atoms with Crippen LogP contribution in [0.4, 0.5) is 4.79 Å². The SMILES string of the molecule is NCC1(c2ccccc2)CCN(C(=O)NCc2nnc3ncccn23)CC1. The van der Waals surface area contributed by atoms with E-state index in [9.17, 15) is 4.79 Å². The first-order valence-corrected chi connectivity index (χ1v) is 9.15. The molecule has 3 N–H and O–H groups in total. The molecule has 4 rings (SSSR count). The Labute approximate surface area is 157 Å². The van der Waals surface area contributed by atoms with Crippen molar-refractivity contribution in [3.63, 3.8) is 0 Å². The molecule has 1 aliphatic heterocycles. The minimum Gasteiger partial charge on any atom is -0.331 e. The van der Waals surface area contributed by atoms with E-state index in [1.54, 1.807) is 10.6 Å². The Morgan fingerprint density at radius 2 is 1.93 bits per heavy atom. The molecule has 3 aromatic rings. The molecule has 0 aliphatic carbocycles. The second-order valence-electron chi connectivity index (χ2n) is 6.90. The van der Waals surface area contributed by atoms with Crippen molar-refractivity contribution in [3.05, 3.63) is 60.2 Å². The standard InChI is InChI=1S/C19H23N7O/c20-14-19(15-5-2-1-3-6-15)7-11-25(12-8-19)18(27)22-13-16-23-24-17-21-9-4-10-26(16)17/h1-6,9-10H,7-8,11-14,20H2,(H,22,27). The van der Waals surface area contributed by atoms with Gasteiger partial charge in [-0.05, 0) is 24.5 Å². The van der Waals surface area contributed by atoms with Crippen LogP contribution in [0.2, 0.25) is 0 Å². The number of urea groups is 1. The molecule has 8 nitrogen and oxygen atoms in total. The normalized spacial score (nSPS) is 16.4. The summed E-state index contributed by atoms with van der Waals surface area (Å²) in [5.74, 6) is 1.18. The molecule has 1 saturated heterocycles. The van der Waals surface area contributed by atoms with Crippen molar-refractivity contribution in [2.45, 2.75) is 24.8 Å². The Hall–Kier alpha value is -3.00. The molecule has 0 atom stereocenters. The van der Waals surface area contributed by atoms with Gasteiger partial charge in [0.05, 0.1) is 6.54 Å². The minimum atomic E-state index is -0.0886. The fraction of sp³-hybridized carbons (Fsp3) is 0.368. The molecule has 1 aromatic carbocycles. The van der Waals surface area contributed by atoms with Gasteiger partial charge in [0.2, 0.25) is 0 Å². The predicted octanol–water partition coefficient (Wildman–Crippen LogP) is 1.33. The topological polar surface area (TPSA) is 101 Å². The van der Waals surface area contributed by atoms with Crippen LogP contribution in [0, 0.1) is 0 Å². The number of hydrogen-bond donors (Lipinski definition) is 2.